The Morgan fingerprint density at radius 2 is 1.82 bits per heavy atom. The number of carbonyl (C=O) groups is 1. The second kappa shape index (κ2) is 10.3. The third-order valence-electron chi connectivity index (χ3n) is 2.72. The van der Waals surface area contributed by atoms with E-state index in [2.05, 4.69) is 15.4 Å². The van der Waals surface area contributed by atoms with E-state index >= 15 is 0 Å². The molecule has 0 spiro atoms. The summed E-state index contributed by atoms with van der Waals surface area (Å²) in [5, 5.41) is 5.72. The lowest BCUT2D eigenvalue weighted by Gasteiger charge is -2.09. The molecule has 0 unspecified atom stereocenters. The van der Waals surface area contributed by atoms with E-state index in [4.69, 9.17) is 0 Å². The van der Waals surface area contributed by atoms with Crippen LogP contribution in [0.1, 0.15) is 18.4 Å². The summed E-state index contributed by atoms with van der Waals surface area (Å²) in [4.78, 5) is 11.4. The molecule has 0 heterocycles. The number of hydrogen-bond acceptors (Lipinski definition) is 3. The highest BCUT2D eigenvalue weighted by Crippen LogP contribution is 2.22. The van der Waals surface area contributed by atoms with Crippen molar-refractivity contribution in [1.82, 2.24) is 10.6 Å². The lowest BCUT2D eigenvalue weighted by atomic mass is 10.1. The van der Waals surface area contributed by atoms with Crippen molar-refractivity contribution < 1.29 is 22.7 Å². The lowest BCUT2D eigenvalue weighted by Crippen LogP contribution is -2.26. The molecule has 0 saturated heterocycles. The lowest BCUT2D eigenvalue weighted by molar-refractivity contribution is -0.274. The highest BCUT2D eigenvalue weighted by atomic mass is 35.5. The molecule has 0 aliphatic carbocycles. The Labute approximate surface area is 133 Å². The first-order chi connectivity index (χ1) is 9.90. The molecule has 4 nitrogen and oxygen atoms in total. The summed E-state index contributed by atoms with van der Waals surface area (Å²) in [6.45, 7) is 1.24. The third-order valence-corrected chi connectivity index (χ3v) is 2.72. The van der Waals surface area contributed by atoms with Gasteiger partial charge in [0.25, 0.3) is 0 Å². The van der Waals surface area contributed by atoms with Gasteiger partial charge in [0.2, 0.25) is 5.91 Å². The number of halogens is 4. The van der Waals surface area contributed by atoms with Gasteiger partial charge in [-0.2, -0.15) is 0 Å². The average Bonchev–Trinajstić information content (AvgIpc) is 2.39. The van der Waals surface area contributed by atoms with Crippen LogP contribution in [0.5, 0.6) is 5.75 Å². The zero-order valence-corrected chi connectivity index (χ0v) is 13.0. The molecule has 0 aromatic heterocycles. The Morgan fingerprint density at radius 1 is 1.18 bits per heavy atom. The number of hydrogen-bond donors (Lipinski definition) is 2. The van der Waals surface area contributed by atoms with Crippen LogP contribution in [0.15, 0.2) is 24.3 Å². The molecule has 0 saturated carbocycles. The molecular formula is C14H20ClF3N2O2. The Morgan fingerprint density at radius 3 is 2.36 bits per heavy atom. The maximum atomic E-state index is 12.0. The fraction of sp³-hybridized carbons (Fsp3) is 0.500. The van der Waals surface area contributed by atoms with Gasteiger partial charge in [0.1, 0.15) is 5.75 Å². The highest BCUT2D eigenvalue weighted by Gasteiger charge is 2.30. The standard InChI is InChI=1S/C14H19F3N2O2.ClH/c1-18-9-2-3-13(20)19-10-8-11-4-6-12(7-5-11)21-14(15,16)17;/h4-7,18H,2-3,8-10H2,1H3,(H,19,20);1H. The Hall–Kier alpha value is -1.47. The molecule has 0 atom stereocenters. The number of amides is 1. The van der Waals surface area contributed by atoms with Gasteiger partial charge in [0.15, 0.2) is 0 Å². The van der Waals surface area contributed by atoms with E-state index in [0.29, 0.717) is 19.4 Å². The minimum atomic E-state index is -4.68. The first-order valence-corrected chi connectivity index (χ1v) is 6.66. The molecule has 0 aliphatic heterocycles. The van der Waals surface area contributed by atoms with Gasteiger partial charge in [-0.3, -0.25) is 4.79 Å². The fourth-order valence-corrected chi connectivity index (χ4v) is 1.72. The van der Waals surface area contributed by atoms with Crippen LogP contribution in [0.3, 0.4) is 0 Å². The third kappa shape index (κ3) is 9.46. The predicted octanol–water partition coefficient (Wildman–Crippen LogP) is 2.67. The molecule has 8 heteroatoms. The summed E-state index contributed by atoms with van der Waals surface area (Å²) < 4.78 is 39.7. The number of benzene rings is 1. The van der Waals surface area contributed by atoms with E-state index in [1.54, 1.807) is 12.1 Å². The zero-order valence-electron chi connectivity index (χ0n) is 12.2. The second-order valence-corrected chi connectivity index (χ2v) is 4.50. The molecule has 0 bridgehead atoms. The van der Waals surface area contributed by atoms with Gasteiger partial charge in [0.05, 0.1) is 0 Å². The predicted molar refractivity (Wildman–Crippen MR) is 80.2 cm³/mol. The van der Waals surface area contributed by atoms with Crippen LogP contribution < -0.4 is 15.4 Å². The molecule has 1 rings (SSSR count). The van der Waals surface area contributed by atoms with Gasteiger partial charge < -0.3 is 15.4 Å². The molecule has 1 aromatic carbocycles. The van der Waals surface area contributed by atoms with E-state index in [0.717, 1.165) is 18.5 Å². The molecule has 1 aromatic rings. The number of carbonyl (C=O) groups excluding carboxylic acids is 1. The Bertz CT molecular complexity index is 439. The minimum absolute atomic E-state index is 0. The van der Waals surface area contributed by atoms with Crippen molar-refractivity contribution in [3.63, 3.8) is 0 Å². The molecule has 22 heavy (non-hydrogen) atoms. The zero-order chi connectivity index (χ0) is 15.7. The van der Waals surface area contributed by atoms with Gasteiger partial charge >= 0.3 is 6.36 Å². The van der Waals surface area contributed by atoms with Crippen LogP contribution in [-0.2, 0) is 11.2 Å². The monoisotopic (exact) mass is 340 g/mol. The quantitative estimate of drug-likeness (QED) is 0.715. The van der Waals surface area contributed by atoms with E-state index in [1.807, 2.05) is 7.05 Å². The summed E-state index contributed by atoms with van der Waals surface area (Å²) in [5.41, 5.74) is 0.833. The van der Waals surface area contributed by atoms with Crippen LogP contribution in [0.2, 0.25) is 0 Å². The summed E-state index contributed by atoms with van der Waals surface area (Å²) in [5.74, 6) is -0.273. The van der Waals surface area contributed by atoms with Crippen molar-refractivity contribution in [1.29, 1.82) is 0 Å². The van der Waals surface area contributed by atoms with Crippen molar-refractivity contribution in [2.75, 3.05) is 20.1 Å². The second-order valence-electron chi connectivity index (χ2n) is 4.50. The van der Waals surface area contributed by atoms with Gasteiger partial charge in [0, 0.05) is 13.0 Å². The van der Waals surface area contributed by atoms with Crippen LogP contribution in [0.25, 0.3) is 0 Å². The largest absolute Gasteiger partial charge is 0.573 e. The van der Waals surface area contributed by atoms with Crippen LogP contribution >= 0.6 is 12.4 Å². The van der Waals surface area contributed by atoms with Crippen molar-refractivity contribution >= 4 is 18.3 Å². The summed E-state index contributed by atoms with van der Waals surface area (Å²) in [7, 11) is 1.82. The van der Waals surface area contributed by atoms with Crippen molar-refractivity contribution in [3.05, 3.63) is 29.8 Å². The van der Waals surface area contributed by atoms with Gasteiger partial charge in [-0.1, -0.05) is 12.1 Å². The molecule has 0 aliphatic rings. The van der Waals surface area contributed by atoms with E-state index in [-0.39, 0.29) is 24.1 Å². The number of alkyl halides is 3. The SMILES string of the molecule is CNCCCC(=O)NCCc1ccc(OC(F)(F)F)cc1.Cl. The first-order valence-electron chi connectivity index (χ1n) is 6.66. The Kier molecular flexibility index (Phi) is 9.60. The number of rotatable bonds is 8. The normalized spacial score (nSPS) is 10.7. The van der Waals surface area contributed by atoms with E-state index < -0.39 is 6.36 Å². The highest BCUT2D eigenvalue weighted by molar-refractivity contribution is 5.85. The summed E-state index contributed by atoms with van der Waals surface area (Å²) in [6, 6.07) is 5.62. The van der Waals surface area contributed by atoms with Gasteiger partial charge in [-0.15, -0.1) is 25.6 Å². The van der Waals surface area contributed by atoms with Crippen LogP contribution in [-0.4, -0.2) is 32.4 Å². The molecular weight excluding hydrogens is 321 g/mol. The Balaban J connectivity index is 0.00000441. The van der Waals surface area contributed by atoms with Gasteiger partial charge in [-0.25, -0.2) is 0 Å². The van der Waals surface area contributed by atoms with Crippen LogP contribution in [0.4, 0.5) is 13.2 Å². The molecule has 0 radical (unpaired) electrons. The summed E-state index contributed by atoms with van der Waals surface area (Å²) in [6.07, 6.45) is -2.89. The van der Waals surface area contributed by atoms with Crippen molar-refractivity contribution in [2.24, 2.45) is 0 Å². The minimum Gasteiger partial charge on any atom is -0.406 e. The van der Waals surface area contributed by atoms with Crippen LogP contribution in [0, 0.1) is 0 Å². The molecule has 0 fully saturated rings. The average molecular weight is 341 g/mol. The summed E-state index contributed by atoms with van der Waals surface area (Å²) >= 11 is 0. The first kappa shape index (κ1) is 20.5. The van der Waals surface area contributed by atoms with Crippen molar-refractivity contribution in [3.8, 4) is 5.75 Å². The molecule has 1 amide bonds. The van der Waals surface area contributed by atoms with Crippen molar-refractivity contribution in [2.45, 2.75) is 25.6 Å². The number of ether oxygens (including phenoxy) is 1. The fourth-order valence-electron chi connectivity index (χ4n) is 1.72. The maximum Gasteiger partial charge on any atom is 0.573 e. The molecule has 2 N–H and O–H groups in total. The smallest absolute Gasteiger partial charge is 0.406 e. The van der Waals surface area contributed by atoms with E-state index in [9.17, 15) is 18.0 Å². The number of nitrogens with one attached hydrogen (secondary N) is 2. The van der Waals surface area contributed by atoms with E-state index in [1.165, 1.54) is 12.1 Å². The topological polar surface area (TPSA) is 50.4 Å². The maximum absolute atomic E-state index is 12.0. The van der Waals surface area contributed by atoms with Gasteiger partial charge in [-0.05, 0) is 44.1 Å². The molecule has 126 valence electrons.